The fourth-order valence-corrected chi connectivity index (χ4v) is 4.57. The first kappa shape index (κ1) is 15.2. The van der Waals surface area contributed by atoms with Crippen LogP contribution in [-0.4, -0.2) is 19.3 Å². The van der Waals surface area contributed by atoms with E-state index in [4.69, 9.17) is 0 Å². The van der Waals surface area contributed by atoms with Crippen LogP contribution in [0.3, 0.4) is 0 Å². The van der Waals surface area contributed by atoms with E-state index < -0.39 is 10.0 Å². The van der Waals surface area contributed by atoms with E-state index in [1.54, 1.807) is 36.4 Å². The molecule has 22 heavy (non-hydrogen) atoms. The normalized spacial score (nSPS) is 19.5. The Morgan fingerprint density at radius 1 is 1.05 bits per heavy atom. The number of sulfonamides is 1. The lowest BCUT2D eigenvalue weighted by molar-refractivity contribution is 0.396. The van der Waals surface area contributed by atoms with E-state index in [1.165, 1.54) is 16.4 Å². The van der Waals surface area contributed by atoms with Crippen LogP contribution in [0, 0.1) is 12.7 Å². The molecular weight excluding hydrogens is 301 g/mol. The van der Waals surface area contributed by atoms with Gasteiger partial charge in [-0.1, -0.05) is 29.8 Å². The number of benzene rings is 2. The highest BCUT2D eigenvalue weighted by Gasteiger charge is 2.36. The van der Waals surface area contributed by atoms with Crippen molar-refractivity contribution in [3.05, 3.63) is 65.5 Å². The highest BCUT2D eigenvalue weighted by atomic mass is 32.2. The summed E-state index contributed by atoms with van der Waals surface area (Å²) in [5.41, 5.74) is 1.87. The van der Waals surface area contributed by atoms with Crippen molar-refractivity contribution in [2.24, 2.45) is 0 Å². The molecule has 1 atom stereocenters. The maximum absolute atomic E-state index is 13.1. The molecule has 1 aliphatic rings. The van der Waals surface area contributed by atoms with Crippen molar-refractivity contribution >= 4 is 10.0 Å². The van der Waals surface area contributed by atoms with Crippen molar-refractivity contribution in [2.75, 3.05) is 6.54 Å². The lowest BCUT2D eigenvalue weighted by Gasteiger charge is -2.24. The van der Waals surface area contributed by atoms with Gasteiger partial charge in [0.15, 0.2) is 0 Å². The van der Waals surface area contributed by atoms with Gasteiger partial charge < -0.3 is 0 Å². The van der Waals surface area contributed by atoms with Gasteiger partial charge >= 0.3 is 0 Å². The van der Waals surface area contributed by atoms with Gasteiger partial charge in [0.2, 0.25) is 10.0 Å². The maximum Gasteiger partial charge on any atom is 0.243 e. The first-order valence-electron chi connectivity index (χ1n) is 7.32. The zero-order valence-electron chi connectivity index (χ0n) is 12.4. The van der Waals surface area contributed by atoms with Crippen molar-refractivity contribution in [2.45, 2.75) is 30.7 Å². The van der Waals surface area contributed by atoms with E-state index in [0.29, 0.717) is 11.4 Å². The minimum absolute atomic E-state index is 0.216. The Bertz CT molecular complexity index is 754. The Morgan fingerprint density at radius 2 is 1.68 bits per heavy atom. The van der Waals surface area contributed by atoms with Crippen LogP contribution >= 0.6 is 0 Å². The molecule has 2 aromatic rings. The van der Waals surface area contributed by atoms with Crippen LogP contribution in [-0.2, 0) is 10.0 Å². The molecule has 0 N–H and O–H groups in total. The largest absolute Gasteiger partial charge is 0.243 e. The first-order valence-corrected chi connectivity index (χ1v) is 8.76. The summed E-state index contributed by atoms with van der Waals surface area (Å²) < 4.78 is 40.3. The molecule has 116 valence electrons. The average Bonchev–Trinajstić information content (AvgIpc) is 2.99. The summed E-state index contributed by atoms with van der Waals surface area (Å²) in [6, 6.07) is 12.8. The summed E-state index contributed by atoms with van der Waals surface area (Å²) in [7, 11) is -3.52. The second-order valence-electron chi connectivity index (χ2n) is 5.64. The van der Waals surface area contributed by atoms with Crippen LogP contribution in [0.25, 0.3) is 0 Å². The SMILES string of the molecule is Cc1ccc(S(=O)(=O)N2CCC[C@@H]2c2ccc(F)cc2)cc1. The number of halogens is 1. The Kier molecular flexibility index (Phi) is 4.02. The van der Waals surface area contributed by atoms with Crippen LogP contribution in [0.5, 0.6) is 0 Å². The van der Waals surface area contributed by atoms with Crippen LogP contribution in [0.15, 0.2) is 53.4 Å². The number of hydrogen-bond acceptors (Lipinski definition) is 2. The molecule has 0 aliphatic carbocycles. The highest BCUT2D eigenvalue weighted by Crippen LogP contribution is 2.36. The lowest BCUT2D eigenvalue weighted by atomic mass is 10.1. The summed E-state index contributed by atoms with van der Waals surface area (Å²) in [5.74, 6) is -0.310. The molecule has 1 saturated heterocycles. The number of aryl methyl sites for hydroxylation is 1. The van der Waals surface area contributed by atoms with Gasteiger partial charge in [0.05, 0.1) is 10.9 Å². The van der Waals surface area contributed by atoms with Crippen LogP contribution in [0.1, 0.15) is 30.0 Å². The van der Waals surface area contributed by atoms with Crippen LogP contribution in [0.4, 0.5) is 4.39 Å². The zero-order chi connectivity index (χ0) is 15.7. The average molecular weight is 319 g/mol. The number of hydrogen-bond donors (Lipinski definition) is 0. The third-order valence-corrected chi connectivity index (χ3v) is 6.01. The molecule has 1 aliphatic heterocycles. The summed E-state index contributed by atoms with van der Waals surface area (Å²) in [5, 5.41) is 0. The predicted molar refractivity (Wildman–Crippen MR) is 83.4 cm³/mol. The van der Waals surface area contributed by atoms with E-state index in [-0.39, 0.29) is 11.9 Å². The highest BCUT2D eigenvalue weighted by molar-refractivity contribution is 7.89. The van der Waals surface area contributed by atoms with Crippen molar-refractivity contribution in [3.8, 4) is 0 Å². The van der Waals surface area contributed by atoms with Gasteiger partial charge in [-0.2, -0.15) is 4.31 Å². The molecule has 3 rings (SSSR count). The van der Waals surface area contributed by atoms with E-state index in [9.17, 15) is 12.8 Å². The number of nitrogens with zero attached hydrogens (tertiary/aromatic N) is 1. The fraction of sp³-hybridized carbons (Fsp3) is 0.294. The van der Waals surface area contributed by atoms with Crippen molar-refractivity contribution < 1.29 is 12.8 Å². The van der Waals surface area contributed by atoms with Crippen LogP contribution < -0.4 is 0 Å². The third-order valence-electron chi connectivity index (χ3n) is 4.09. The second-order valence-corrected chi connectivity index (χ2v) is 7.53. The smallest absolute Gasteiger partial charge is 0.207 e. The fourth-order valence-electron chi connectivity index (χ4n) is 2.89. The molecule has 0 spiro atoms. The Balaban J connectivity index is 1.95. The van der Waals surface area contributed by atoms with Gasteiger partial charge in [0, 0.05) is 6.54 Å². The standard InChI is InChI=1S/C17H18FNO2S/c1-13-4-10-16(11-5-13)22(20,21)19-12-2-3-17(19)14-6-8-15(18)9-7-14/h4-11,17H,2-3,12H2,1H3/t17-/m1/s1. The van der Waals surface area contributed by atoms with Gasteiger partial charge in [-0.05, 0) is 49.6 Å². The van der Waals surface area contributed by atoms with Gasteiger partial charge in [0.1, 0.15) is 5.82 Å². The van der Waals surface area contributed by atoms with Crippen molar-refractivity contribution in [1.82, 2.24) is 4.31 Å². The first-order chi connectivity index (χ1) is 10.5. The quantitative estimate of drug-likeness (QED) is 0.866. The summed E-state index contributed by atoms with van der Waals surface area (Å²) >= 11 is 0. The molecule has 1 fully saturated rings. The molecule has 0 radical (unpaired) electrons. The molecule has 5 heteroatoms. The molecule has 0 saturated carbocycles. The van der Waals surface area contributed by atoms with Crippen LogP contribution in [0.2, 0.25) is 0 Å². The third kappa shape index (κ3) is 2.78. The van der Waals surface area contributed by atoms with Crippen molar-refractivity contribution in [3.63, 3.8) is 0 Å². The topological polar surface area (TPSA) is 37.4 Å². The summed E-state index contributed by atoms with van der Waals surface area (Å²) in [6.45, 7) is 2.42. The van der Waals surface area contributed by atoms with E-state index in [0.717, 1.165) is 24.0 Å². The molecule has 0 amide bonds. The number of rotatable bonds is 3. The summed E-state index contributed by atoms with van der Waals surface area (Å²) in [6.07, 6.45) is 1.57. The summed E-state index contributed by atoms with van der Waals surface area (Å²) in [4.78, 5) is 0.312. The maximum atomic E-state index is 13.1. The minimum Gasteiger partial charge on any atom is -0.207 e. The van der Waals surface area contributed by atoms with E-state index >= 15 is 0 Å². The molecule has 0 bridgehead atoms. The molecule has 0 unspecified atom stereocenters. The van der Waals surface area contributed by atoms with Gasteiger partial charge in [0.25, 0.3) is 0 Å². The molecule has 2 aromatic carbocycles. The molecular formula is C17H18FNO2S. The van der Waals surface area contributed by atoms with E-state index in [2.05, 4.69) is 0 Å². The molecule has 1 heterocycles. The second kappa shape index (κ2) is 5.82. The van der Waals surface area contributed by atoms with E-state index in [1.807, 2.05) is 6.92 Å². The minimum atomic E-state index is -3.52. The molecule has 3 nitrogen and oxygen atoms in total. The van der Waals surface area contributed by atoms with Gasteiger partial charge in [-0.15, -0.1) is 0 Å². The van der Waals surface area contributed by atoms with Gasteiger partial charge in [-0.3, -0.25) is 0 Å². The van der Waals surface area contributed by atoms with Crippen molar-refractivity contribution in [1.29, 1.82) is 0 Å². The monoisotopic (exact) mass is 319 g/mol. The Morgan fingerprint density at radius 3 is 2.32 bits per heavy atom. The Labute approximate surface area is 130 Å². The van der Waals surface area contributed by atoms with Gasteiger partial charge in [-0.25, -0.2) is 12.8 Å². The zero-order valence-corrected chi connectivity index (χ0v) is 13.2. The molecule has 0 aromatic heterocycles. The lowest BCUT2D eigenvalue weighted by Crippen LogP contribution is -2.30. The Hall–Kier alpha value is -1.72. The predicted octanol–water partition coefficient (Wildman–Crippen LogP) is 3.66.